The van der Waals surface area contributed by atoms with Gasteiger partial charge in [0.2, 0.25) is 0 Å². The van der Waals surface area contributed by atoms with Crippen molar-refractivity contribution in [2.45, 2.75) is 31.6 Å². The first kappa shape index (κ1) is 22.2. The number of hydrogen-bond acceptors (Lipinski definition) is 5. The molecule has 4 rings (SSSR count). The highest BCUT2D eigenvalue weighted by Gasteiger charge is 2.41. The molecule has 32 heavy (non-hydrogen) atoms. The Morgan fingerprint density at radius 2 is 1.78 bits per heavy atom. The molecule has 0 fully saturated rings. The summed E-state index contributed by atoms with van der Waals surface area (Å²) >= 11 is 6.44. The molecule has 1 aliphatic carbocycles. The maximum absolute atomic E-state index is 13.5. The standard InChI is InChI=1S/C26H27ClN2O3/c1-15-23(26(31)32-4)24(16-9-11-18(12-10-16)29(2)3)25-21(28-15)13-17(14-22(25)30)19-7-5-6-8-20(19)27/h5-12,17,24,28H,13-14H2,1-4H3/t17-,24-/m1/s1. The zero-order chi connectivity index (χ0) is 23.0. The first-order chi connectivity index (χ1) is 15.3. The number of allylic oxidation sites excluding steroid dienone is 3. The molecule has 2 aliphatic rings. The number of Topliss-reactive ketones (excluding diaryl/α,β-unsaturated/α-hetero) is 1. The van der Waals surface area contributed by atoms with Gasteiger partial charge in [0.15, 0.2) is 5.78 Å². The maximum atomic E-state index is 13.5. The molecule has 0 unspecified atom stereocenters. The van der Waals surface area contributed by atoms with E-state index in [-0.39, 0.29) is 11.7 Å². The molecule has 6 heteroatoms. The molecule has 166 valence electrons. The Hall–Kier alpha value is -3.05. The number of benzene rings is 2. The molecule has 2 atom stereocenters. The lowest BCUT2D eigenvalue weighted by molar-refractivity contribution is -0.136. The average molecular weight is 451 g/mol. The van der Waals surface area contributed by atoms with E-state index in [4.69, 9.17) is 16.3 Å². The molecule has 5 nitrogen and oxygen atoms in total. The summed E-state index contributed by atoms with van der Waals surface area (Å²) in [6.07, 6.45) is 1.01. The lowest BCUT2D eigenvalue weighted by Gasteiger charge is -2.36. The first-order valence-electron chi connectivity index (χ1n) is 10.7. The van der Waals surface area contributed by atoms with Crippen LogP contribution >= 0.6 is 11.6 Å². The van der Waals surface area contributed by atoms with E-state index in [0.717, 1.165) is 22.5 Å². The highest BCUT2D eigenvalue weighted by Crippen LogP contribution is 2.46. The van der Waals surface area contributed by atoms with Crippen molar-refractivity contribution in [3.63, 3.8) is 0 Å². The van der Waals surface area contributed by atoms with Crippen LogP contribution in [0.4, 0.5) is 5.69 Å². The maximum Gasteiger partial charge on any atom is 0.336 e. The Balaban J connectivity index is 1.80. The number of nitrogens with zero attached hydrogens (tertiary/aromatic N) is 1. The molecule has 0 amide bonds. The number of ether oxygens (including phenoxy) is 1. The van der Waals surface area contributed by atoms with E-state index in [2.05, 4.69) is 5.32 Å². The number of ketones is 1. The second-order valence-corrected chi connectivity index (χ2v) is 8.92. The molecule has 0 bridgehead atoms. The van der Waals surface area contributed by atoms with Crippen molar-refractivity contribution in [2.75, 3.05) is 26.1 Å². The Kier molecular flexibility index (Phi) is 6.11. The van der Waals surface area contributed by atoms with Crippen LogP contribution in [0.1, 0.15) is 42.7 Å². The van der Waals surface area contributed by atoms with E-state index < -0.39 is 11.9 Å². The number of esters is 1. The zero-order valence-corrected chi connectivity index (χ0v) is 19.5. The third-order valence-corrected chi connectivity index (χ3v) is 6.66. The number of dihydropyridines is 1. The number of nitrogens with one attached hydrogen (secondary N) is 1. The van der Waals surface area contributed by atoms with E-state index in [9.17, 15) is 9.59 Å². The SMILES string of the molecule is COC(=O)C1=C(C)NC2=C(C(=O)C[C@H](c3ccccc3Cl)C2)[C@@H]1c1ccc(N(C)C)cc1. The van der Waals surface area contributed by atoms with Gasteiger partial charge in [0, 0.05) is 54.1 Å². The van der Waals surface area contributed by atoms with Crippen LogP contribution in [0.2, 0.25) is 5.02 Å². The Morgan fingerprint density at radius 3 is 2.41 bits per heavy atom. The topological polar surface area (TPSA) is 58.6 Å². The summed E-state index contributed by atoms with van der Waals surface area (Å²) in [5.74, 6) is -0.871. The van der Waals surface area contributed by atoms with Crippen LogP contribution in [0.5, 0.6) is 0 Å². The Morgan fingerprint density at radius 1 is 1.09 bits per heavy atom. The van der Waals surface area contributed by atoms with Crippen LogP contribution in [0.15, 0.2) is 71.1 Å². The van der Waals surface area contributed by atoms with E-state index in [1.54, 1.807) is 0 Å². The third-order valence-electron chi connectivity index (χ3n) is 6.32. The minimum absolute atomic E-state index is 0.00769. The molecule has 0 aromatic heterocycles. The lowest BCUT2D eigenvalue weighted by Crippen LogP contribution is -2.36. The molecular weight excluding hydrogens is 424 g/mol. The lowest BCUT2D eigenvalue weighted by atomic mass is 9.71. The minimum Gasteiger partial charge on any atom is -0.466 e. The second-order valence-electron chi connectivity index (χ2n) is 8.52. The normalized spacial score (nSPS) is 20.6. The molecule has 0 saturated carbocycles. The van der Waals surface area contributed by atoms with E-state index >= 15 is 0 Å². The van der Waals surface area contributed by atoms with Gasteiger partial charge in [0.05, 0.1) is 12.7 Å². The second kappa shape index (κ2) is 8.83. The summed E-state index contributed by atoms with van der Waals surface area (Å²) in [6, 6.07) is 15.6. The quantitative estimate of drug-likeness (QED) is 0.668. The molecular formula is C26H27ClN2O3. The molecule has 0 saturated heterocycles. The van der Waals surface area contributed by atoms with Gasteiger partial charge in [-0.05, 0) is 48.6 Å². The van der Waals surface area contributed by atoms with Crippen LogP contribution < -0.4 is 10.2 Å². The van der Waals surface area contributed by atoms with Crippen molar-refractivity contribution in [1.82, 2.24) is 5.32 Å². The van der Waals surface area contributed by atoms with Crippen LogP contribution in [0.3, 0.4) is 0 Å². The van der Waals surface area contributed by atoms with Crippen molar-refractivity contribution in [3.8, 4) is 0 Å². The van der Waals surface area contributed by atoms with Crippen LogP contribution in [-0.2, 0) is 14.3 Å². The molecule has 0 radical (unpaired) electrons. The summed E-state index contributed by atoms with van der Waals surface area (Å²) in [5.41, 5.74) is 5.62. The van der Waals surface area contributed by atoms with Crippen LogP contribution in [0, 0.1) is 0 Å². The average Bonchev–Trinajstić information content (AvgIpc) is 2.78. The highest BCUT2D eigenvalue weighted by molar-refractivity contribution is 6.31. The van der Waals surface area contributed by atoms with Gasteiger partial charge >= 0.3 is 5.97 Å². The van der Waals surface area contributed by atoms with Crippen molar-refractivity contribution in [2.24, 2.45) is 0 Å². The minimum atomic E-state index is -0.463. The number of rotatable bonds is 4. The van der Waals surface area contributed by atoms with Gasteiger partial charge in [-0.15, -0.1) is 0 Å². The Bertz CT molecular complexity index is 1130. The molecule has 0 spiro atoms. The predicted molar refractivity (Wildman–Crippen MR) is 127 cm³/mol. The van der Waals surface area contributed by atoms with Gasteiger partial charge < -0.3 is 15.0 Å². The molecule has 1 heterocycles. The van der Waals surface area contributed by atoms with Crippen molar-refractivity contribution in [3.05, 3.63) is 87.2 Å². The van der Waals surface area contributed by atoms with Crippen molar-refractivity contribution >= 4 is 29.0 Å². The fourth-order valence-corrected chi connectivity index (χ4v) is 5.03. The Labute approximate surface area is 193 Å². The zero-order valence-electron chi connectivity index (χ0n) is 18.7. The molecule has 2 aromatic carbocycles. The number of anilines is 1. The van der Waals surface area contributed by atoms with Crippen molar-refractivity contribution < 1.29 is 14.3 Å². The smallest absolute Gasteiger partial charge is 0.336 e. The van der Waals surface area contributed by atoms with Crippen LogP contribution in [-0.4, -0.2) is 33.0 Å². The summed E-state index contributed by atoms with van der Waals surface area (Å²) in [7, 11) is 5.32. The third kappa shape index (κ3) is 3.93. The summed E-state index contributed by atoms with van der Waals surface area (Å²) < 4.78 is 5.10. The summed E-state index contributed by atoms with van der Waals surface area (Å²) in [4.78, 5) is 28.3. The largest absolute Gasteiger partial charge is 0.466 e. The number of hydrogen-bond donors (Lipinski definition) is 1. The van der Waals surface area contributed by atoms with Gasteiger partial charge in [0.1, 0.15) is 0 Å². The summed E-state index contributed by atoms with van der Waals surface area (Å²) in [6.45, 7) is 1.86. The number of carbonyl (C=O) groups is 2. The van der Waals surface area contributed by atoms with Gasteiger partial charge in [-0.25, -0.2) is 4.79 Å². The summed E-state index contributed by atoms with van der Waals surface area (Å²) in [5, 5.41) is 4.02. The molecule has 2 aromatic rings. The highest BCUT2D eigenvalue weighted by atomic mass is 35.5. The number of carbonyl (C=O) groups excluding carboxylic acids is 2. The fourth-order valence-electron chi connectivity index (χ4n) is 4.74. The number of methoxy groups -OCH3 is 1. The molecule has 1 aliphatic heterocycles. The molecule has 1 N–H and O–H groups in total. The monoisotopic (exact) mass is 450 g/mol. The van der Waals surface area contributed by atoms with Crippen molar-refractivity contribution in [1.29, 1.82) is 0 Å². The van der Waals surface area contributed by atoms with Crippen LogP contribution in [0.25, 0.3) is 0 Å². The van der Waals surface area contributed by atoms with Gasteiger partial charge in [-0.1, -0.05) is 41.9 Å². The van der Waals surface area contributed by atoms with Gasteiger partial charge in [-0.3, -0.25) is 4.79 Å². The van der Waals surface area contributed by atoms with Gasteiger partial charge in [0.25, 0.3) is 0 Å². The van der Waals surface area contributed by atoms with Gasteiger partial charge in [-0.2, -0.15) is 0 Å². The fraction of sp³-hybridized carbons (Fsp3) is 0.308. The number of halogens is 1. The first-order valence-corrected chi connectivity index (χ1v) is 11.0. The van der Waals surface area contributed by atoms with E-state index in [1.165, 1.54) is 7.11 Å². The van der Waals surface area contributed by atoms with E-state index in [0.29, 0.717) is 34.7 Å². The van der Waals surface area contributed by atoms with E-state index in [1.807, 2.05) is 74.4 Å². The predicted octanol–water partition coefficient (Wildman–Crippen LogP) is 4.94.